The molecule has 0 saturated heterocycles. The molecule has 0 unspecified atom stereocenters. The molecule has 2 heterocycles. The Kier molecular flexibility index (Phi) is 4.32. The Labute approximate surface area is 143 Å². The van der Waals surface area contributed by atoms with E-state index in [-0.39, 0.29) is 18.2 Å². The summed E-state index contributed by atoms with van der Waals surface area (Å²) in [5.74, 6) is 0.0766. The Morgan fingerprint density at radius 1 is 1.21 bits per heavy atom. The van der Waals surface area contributed by atoms with Gasteiger partial charge in [-0.25, -0.2) is 14.4 Å². The van der Waals surface area contributed by atoms with Gasteiger partial charge in [0.25, 0.3) is 0 Å². The second kappa shape index (κ2) is 6.28. The third-order valence-electron chi connectivity index (χ3n) is 3.67. The van der Waals surface area contributed by atoms with Gasteiger partial charge in [-0.15, -0.1) is 11.3 Å². The lowest BCUT2D eigenvalue weighted by Crippen LogP contribution is -2.26. The third-order valence-corrected chi connectivity index (χ3v) is 4.55. The summed E-state index contributed by atoms with van der Waals surface area (Å²) >= 11 is 1.46. The smallest absolute Gasteiger partial charge is 0.226 e. The van der Waals surface area contributed by atoms with Crippen molar-refractivity contribution in [3.05, 3.63) is 41.8 Å². The highest BCUT2D eigenvalue weighted by Gasteiger charge is 2.23. The molecule has 3 aromatic rings. The molecule has 2 aromatic heterocycles. The number of ether oxygens (including phenoxy) is 1. The largest absolute Gasteiger partial charge is 0.469 e. The normalized spacial score (nSPS) is 11.7. The van der Waals surface area contributed by atoms with Crippen molar-refractivity contribution in [3.63, 3.8) is 0 Å². The van der Waals surface area contributed by atoms with Crippen LogP contribution < -0.4 is 4.74 Å². The van der Waals surface area contributed by atoms with E-state index in [0.717, 1.165) is 21.3 Å². The number of halogens is 1. The summed E-state index contributed by atoms with van der Waals surface area (Å²) in [6.45, 7) is 5.50. The van der Waals surface area contributed by atoms with Gasteiger partial charge in [-0.2, -0.15) is 0 Å². The van der Waals surface area contributed by atoms with Crippen LogP contribution in [0.1, 0.15) is 20.8 Å². The first kappa shape index (κ1) is 16.5. The Hall–Kier alpha value is -2.34. The number of fused-ring (bicyclic) bond motifs is 1. The number of Topliss-reactive ketones (excluding diaryl/α,β-unsaturated/α-hetero) is 1. The summed E-state index contributed by atoms with van der Waals surface area (Å²) in [7, 11) is 0. The highest BCUT2D eigenvalue weighted by Crippen LogP contribution is 2.37. The van der Waals surface area contributed by atoms with Gasteiger partial charge in [-0.3, -0.25) is 4.79 Å². The number of hydrogen-bond donors (Lipinski definition) is 0. The van der Waals surface area contributed by atoms with Gasteiger partial charge >= 0.3 is 0 Å². The van der Waals surface area contributed by atoms with Gasteiger partial charge < -0.3 is 4.74 Å². The second-order valence-corrected chi connectivity index (χ2v) is 7.34. The Morgan fingerprint density at radius 3 is 2.58 bits per heavy atom. The van der Waals surface area contributed by atoms with Crippen LogP contribution >= 0.6 is 11.3 Å². The zero-order valence-corrected chi connectivity index (χ0v) is 14.5. The lowest BCUT2D eigenvalue weighted by Gasteiger charge is -2.16. The van der Waals surface area contributed by atoms with Gasteiger partial charge in [0.2, 0.25) is 5.88 Å². The first-order valence-electron chi connectivity index (χ1n) is 7.50. The number of thiophene rings is 1. The van der Waals surface area contributed by atoms with E-state index in [0.29, 0.717) is 5.88 Å². The predicted octanol–water partition coefficient (Wildman–Crippen LogP) is 4.49. The van der Waals surface area contributed by atoms with E-state index in [4.69, 9.17) is 4.74 Å². The maximum absolute atomic E-state index is 13.2. The van der Waals surface area contributed by atoms with Crippen molar-refractivity contribution in [2.45, 2.75) is 20.8 Å². The van der Waals surface area contributed by atoms with Crippen LogP contribution in [0, 0.1) is 11.2 Å². The molecule has 0 aliphatic rings. The van der Waals surface area contributed by atoms with Crippen LogP contribution in [0.2, 0.25) is 0 Å². The SMILES string of the molecule is CC(C)(C)C(=O)COc1ncnc2scc(-c3ccc(F)cc3)c12. The third kappa shape index (κ3) is 3.28. The van der Waals surface area contributed by atoms with Gasteiger partial charge in [-0.05, 0) is 17.7 Å². The summed E-state index contributed by atoms with van der Waals surface area (Å²) in [6.07, 6.45) is 1.42. The molecule has 0 saturated carbocycles. The molecular formula is C18H17FN2O2S. The molecule has 124 valence electrons. The van der Waals surface area contributed by atoms with E-state index >= 15 is 0 Å². The summed E-state index contributed by atoms with van der Waals surface area (Å²) < 4.78 is 18.8. The molecule has 6 heteroatoms. The molecule has 1 aromatic carbocycles. The zero-order chi connectivity index (χ0) is 17.3. The van der Waals surface area contributed by atoms with E-state index in [1.165, 1.54) is 29.8 Å². The maximum Gasteiger partial charge on any atom is 0.226 e. The van der Waals surface area contributed by atoms with Crippen molar-refractivity contribution in [1.29, 1.82) is 0 Å². The number of benzene rings is 1. The van der Waals surface area contributed by atoms with Crippen molar-refractivity contribution in [2.75, 3.05) is 6.61 Å². The minimum Gasteiger partial charge on any atom is -0.469 e. The van der Waals surface area contributed by atoms with E-state index in [1.807, 2.05) is 26.2 Å². The Bertz CT molecular complexity index is 882. The predicted molar refractivity (Wildman–Crippen MR) is 92.8 cm³/mol. The van der Waals surface area contributed by atoms with Gasteiger partial charge in [0.15, 0.2) is 5.78 Å². The minimum absolute atomic E-state index is 0.00664. The molecule has 3 rings (SSSR count). The van der Waals surface area contributed by atoms with Gasteiger partial charge in [0.1, 0.15) is 23.6 Å². The highest BCUT2D eigenvalue weighted by molar-refractivity contribution is 7.17. The molecule has 0 spiro atoms. The summed E-state index contributed by atoms with van der Waals surface area (Å²) in [5, 5.41) is 2.68. The quantitative estimate of drug-likeness (QED) is 0.700. The number of ketones is 1. The molecule has 0 N–H and O–H groups in total. The van der Waals surface area contributed by atoms with Crippen molar-refractivity contribution in [3.8, 4) is 17.0 Å². The number of hydrogen-bond acceptors (Lipinski definition) is 5. The van der Waals surface area contributed by atoms with Crippen molar-refractivity contribution >= 4 is 27.3 Å². The fourth-order valence-corrected chi connectivity index (χ4v) is 3.06. The molecule has 24 heavy (non-hydrogen) atoms. The van der Waals surface area contributed by atoms with Gasteiger partial charge in [-0.1, -0.05) is 32.9 Å². The fourth-order valence-electron chi connectivity index (χ4n) is 2.15. The van der Waals surface area contributed by atoms with E-state index in [2.05, 4.69) is 9.97 Å². The van der Waals surface area contributed by atoms with Crippen LogP contribution in [-0.4, -0.2) is 22.4 Å². The van der Waals surface area contributed by atoms with E-state index in [1.54, 1.807) is 12.1 Å². The first-order valence-corrected chi connectivity index (χ1v) is 8.38. The molecular weight excluding hydrogens is 327 g/mol. The maximum atomic E-state index is 13.2. The average molecular weight is 344 g/mol. The Morgan fingerprint density at radius 2 is 1.92 bits per heavy atom. The molecule has 0 aliphatic carbocycles. The Balaban J connectivity index is 1.98. The number of carbonyl (C=O) groups is 1. The highest BCUT2D eigenvalue weighted by atomic mass is 32.1. The molecule has 0 radical (unpaired) electrons. The number of carbonyl (C=O) groups excluding carboxylic acids is 1. The van der Waals surface area contributed by atoms with Crippen molar-refractivity contribution in [1.82, 2.24) is 9.97 Å². The first-order chi connectivity index (χ1) is 11.4. The molecule has 0 aliphatic heterocycles. The van der Waals surface area contributed by atoms with Crippen molar-refractivity contribution < 1.29 is 13.9 Å². The van der Waals surface area contributed by atoms with Crippen LogP contribution in [0.5, 0.6) is 5.88 Å². The summed E-state index contributed by atoms with van der Waals surface area (Å²) in [5.41, 5.74) is 1.25. The van der Waals surface area contributed by atoms with E-state index < -0.39 is 5.41 Å². The minimum atomic E-state index is -0.472. The summed E-state index contributed by atoms with van der Waals surface area (Å²) in [6, 6.07) is 6.22. The van der Waals surface area contributed by atoms with Crippen LogP contribution in [0.4, 0.5) is 4.39 Å². The lowest BCUT2D eigenvalue weighted by atomic mass is 9.91. The standard InChI is InChI=1S/C18H17FN2O2S/c1-18(2,3)14(22)8-23-16-15-13(9-24-17(15)21-10-20-16)11-4-6-12(19)7-5-11/h4-7,9-10H,8H2,1-3H3. The van der Waals surface area contributed by atoms with Gasteiger partial charge in [0.05, 0.1) is 5.39 Å². The molecule has 0 bridgehead atoms. The molecule has 0 atom stereocenters. The molecule has 0 amide bonds. The number of rotatable bonds is 4. The fraction of sp³-hybridized carbons (Fsp3) is 0.278. The zero-order valence-electron chi connectivity index (χ0n) is 13.7. The van der Waals surface area contributed by atoms with Crippen LogP contribution in [0.25, 0.3) is 21.3 Å². The lowest BCUT2D eigenvalue weighted by molar-refractivity contribution is -0.128. The monoisotopic (exact) mass is 344 g/mol. The average Bonchev–Trinajstić information content (AvgIpc) is 2.97. The molecule has 0 fully saturated rings. The second-order valence-electron chi connectivity index (χ2n) is 6.48. The van der Waals surface area contributed by atoms with Gasteiger partial charge in [0, 0.05) is 16.4 Å². The van der Waals surface area contributed by atoms with E-state index in [9.17, 15) is 9.18 Å². The number of nitrogens with zero attached hydrogens (tertiary/aromatic N) is 2. The van der Waals surface area contributed by atoms with Crippen molar-refractivity contribution in [2.24, 2.45) is 5.41 Å². The summed E-state index contributed by atoms with van der Waals surface area (Å²) in [4.78, 5) is 21.3. The molecule has 4 nitrogen and oxygen atoms in total. The van der Waals surface area contributed by atoms with Crippen LogP contribution in [-0.2, 0) is 4.79 Å². The van der Waals surface area contributed by atoms with Crippen LogP contribution in [0.15, 0.2) is 36.0 Å². The topological polar surface area (TPSA) is 52.1 Å². The van der Waals surface area contributed by atoms with Crippen LogP contribution in [0.3, 0.4) is 0 Å². The number of aromatic nitrogens is 2.